The highest BCUT2D eigenvalue weighted by atomic mass is 16.5. The van der Waals surface area contributed by atoms with Crippen LogP contribution in [0.4, 0.5) is 0 Å². The molecule has 5 heteroatoms. The molecule has 0 heterocycles. The minimum atomic E-state index is -0.496. The average Bonchev–Trinajstić information content (AvgIpc) is 2.84. The van der Waals surface area contributed by atoms with Crippen LogP contribution in [0.25, 0.3) is 0 Å². The summed E-state index contributed by atoms with van der Waals surface area (Å²) in [6, 6.07) is 3.98. The molecule has 0 aromatic heterocycles. The SMILES string of the molecule is COc1cc(C)c(OC)c(C/C=C(\C)C[C@@H](O)C[C@]2(C)C[C@H]3[C@H](O)C[C@H](O)C[C@]2(C)C3(C)C)c1. The summed E-state index contributed by atoms with van der Waals surface area (Å²) in [6.45, 7) is 13.1. The number of aliphatic hydroxyl groups excluding tert-OH is 3. The van der Waals surface area contributed by atoms with Crippen molar-refractivity contribution < 1.29 is 24.8 Å². The molecule has 34 heavy (non-hydrogen) atoms. The minimum Gasteiger partial charge on any atom is -0.497 e. The highest BCUT2D eigenvalue weighted by molar-refractivity contribution is 5.47. The highest BCUT2D eigenvalue weighted by Crippen LogP contribution is 2.70. The fourth-order valence-corrected chi connectivity index (χ4v) is 7.29. The number of rotatable bonds is 8. The Bertz CT molecular complexity index is 906. The van der Waals surface area contributed by atoms with Gasteiger partial charge in [0.15, 0.2) is 0 Å². The van der Waals surface area contributed by atoms with E-state index in [0.717, 1.165) is 34.6 Å². The van der Waals surface area contributed by atoms with E-state index in [1.807, 2.05) is 19.1 Å². The van der Waals surface area contributed by atoms with Crippen molar-refractivity contribution in [1.29, 1.82) is 0 Å². The first-order valence-electron chi connectivity index (χ1n) is 12.7. The third-order valence-corrected chi connectivity index (χ3v) is 9.65. The second-order valence-electron chi connectivity index (χ2n) is 12.0. The van der Waals surface area contributed by atoms with Gasteiger partial charge in [0.25, 0.3) is 0 Å². The van der Waals surface area contributed by atoms with Gasteiger partial charge in [0.05, 0.1) is 32.5 Å². The topological polar surface area (TPSA) is 79.2 Å². The molecule has 6 atom stereocenters. The standard InChI is InChI=1S/C29H46O5/c1-18(9-10-20-13-23(33-7)12-19(2)26(20)34-8)11-21(30)15-28(5)17-24-25(32)14-22(31)16-29(28,6)27(24,3)4/h9,12-13,21-22,24-25,30-32H,10-11,14-17H2,1-8H3/b18-9+/t21-,22+,24+,25-,28-,29-/m1/s1. The molecule has 2 aliphatic carbocycles. The summed E-state index contributed by atoms with van der Waals surface area (Å²) >= 11 is 0. The summed E-state index contributed by atoms with van der Waals surface area (Å²) in [5.74, 6) is 1.82. The Kier molecular flexibility index (Phi) is 7.82. The summed E-state index contributed by atoms with van der Waals surface area (Å²) in [7, 11) is 3.36. The molecule has 5 nitrogen and oxygen atoms in total. The molecule has 1 aromatic carbocycles. The van der Waals surface area contributed by atoms with Gasteiger partial charge in [-0.25, -0.2) is 0 Å². The van der Waals surface area contributed by atoms with Crippen LogP contribution in [-0.2, 0) is 6.42 Å². The number of hydrogen-bond acceptors (Lipinski definition) is 5. The highest BCUT2D eigenvalue weighted by Gasteiger charge is 2.66. The number of benzene rings is 1. The van der Waals surface area contributed by atoms with E-state index in [0.29, 0.717) is 32.1 Å². The lowest BCUT2D eigenvalue weighted by atomic mass is 9.55. The van der Waals surface area contributed by atoms with Crippen LogP contribution in [0.15, 0.2) is 23.8 Å². The van der Waals surface area contributed by atoms with Crippen LogP contribution < -0.4 is 9.47 Å². The Morgan fingerprint density at radius 2 is 1.79 bits per heavy atom. The van der Waals surface area contributed by atoms with E-state index in [1.54, 1.807) is 14.2 Å². The number of aryl methyl sites for hydroxylation is 1. The first-order valence-corrected chi connectivity index (χ1v) is 12.7. The number of methoxy groups -OCH3 is 2. The van der Waals surface area contributed by atoms with Crippen LogP contribution in [-0.4, -0.2) is 47.9 Å². The van der Waals surface area contributed by atoms with E-state index in [4.69, 9.17) is 9.47 Å². The molecule has 0 amide bonds. The van der Waals surface area contributed by atoms with E-state index in [-0.39, 0.29) is 22.2 Å². The minimum absolute atomic E-state index is 0.107. The lowest BCUT2D eigenvalue weighted by molar-refractivity contribution is -0.0503. The Balaban J connectivity index is 1.74. The van der Waals surface area contributed by atoms with Crippen LogP contribution in [0.3, 0.4) is 0 Å². The van der Waals surface area contributed by atoms with E-state index in [1.165, 1.54) is 0 Å². The number of allylic oxidation sites excluding steroid dienone is 1. The maximum atomic E-state index is 11.2. The zero-order chi connectivity index (χ0) is 25.5. The van der Waals surface area contributed by atoms with Gasteiger partial charge in [0, 0.05) is 5.56 Å². The van der Waals surface area contributed by atoms with Crippen molar-refractivity contribution >= 4 is 0 Å². The Morgan fingerprint density at radius 1 is 1.12 bits per heavy atom. The molecule has 0 aliphatic heterocycles. The van der Waals surface area contributed by atoms with Gasteiger partial charge in [-0.05, 0) is 92.2 Å². The van der Waals surface area contributed by atoms with Crippen LogP contribution in [0.5, 0.6) is 11.5 Å². The van der Waals surface area contributed by atoms with E-state index in [2.05, 4.69) is 40.7 Å². The molecule has 192 valence electrons. The second kappa shape index (κ2) is 9.83. The van der Waals surface area contributed by atoms with Crippen molar-refractivity contribution in [2.75, 3.05) is 14.2 Å². The van der Waals surface area contributed by atoms with Crippen molar-refractivity contribution in [2.24, 2.45) is 22.2 Å². The molecular weight excluding hydrogens is 428 g/mol. The van der Waals surface area contributed by atoms with Crippen molar-refractivity contribution in [2.45, 2.75) is 98.4 Å². The first kappa shape index (κ1) is 27.0. The summed E-state index contributed by atoms with van der Waals surface area (Å²) in [4.78, 5) is 0. The summed E-state index contributed by atoms with van der Waals surface area (Å²) in [5.41, 5.74) is 2.82. The lowest BCUT2D eigenvalue weighted by Gasteiger charge is -2.50. The third-order valence-electron chi connectivity index (χ3n) is 9.65. The predicted molar refractivity (Wildman–Crippen MR) is 136 cm³/mol. The van der Waals surface area contributed by atoms with E-state index >= 15 is 0 Å². The van der Waals surface area contributed by atoms with Crippen LogP contribution in [0.1, 0.15) is 77.8 Å². The van der Waals surface area contributed by atoms with Gasteiger partial charge in [-0.2, -0.15) is 0 Å². The van der Waals surface area contributed by atoms with Gasteiger partial charge in [-0.15, -0.1) is 0 Å². The second-order valence-corrected chi connectivity index (χ2v) is 12.0. The van der Waals surface area contributed by atoms with Crippen LogP contribution >= 0.6 is 0 Å². The molecule has 3 rings (SSSR count). The summed E-state index contributed by atoms with van der Waals surface area (Å²) in [5, 5.41) is 32.6. The quantitative estimate of drug-likeness (QED) is 0.451. The van der Waals surface area contributed by atoms with E-state index in [9.17, 15) is 15.3 Å². The third kappa shape index (κ3) is 4.76. The lowest BCUT2D eigenvalue weighted by Crippen LogP contribution is -2.45. The monoisotopic (exact) mass is 474 g/mol. The molecular formula is C29H46O5. The maximum Gasteiger partial charge on any atom is 0.125 e. The van der Waals surface area contributed by atoms with Gasteiger partial charge < -0.3 is 24.8 Å². The number of ether oxygens (including phenoxy) is 2. The van der Waals surface area contributed by atoms with Crippen LogP contribution in [0, 0.1) is 29.1 Å². The van der Waals surface area contributed by atoms with Crippen molar-refractivity contribution in [3.05, 3.63) is 34.9 Å². The zero-order valence-corrected chi connectivity index (χ0v) is 22.4. The molecule has 3 N–H and O–H groups in total. The Labute approximate surface area is 206 Å². The van der Waals surface area contributed by atoms with Gasteiger partial charge in [-0.1, -0.05) is 39.3 Å². The van der Waals surface area contributed by atoms with E-state index < -0.39 is 18.3 Å². The summed E-state index contributed by atoms with van der Waals surface area (Å²) < 4.78 is 11.0. The normalized spacial score (nSPS) is 34.0. The molecule has 0 spiro atoms. The van der Waals surface area contributed by atoms with Crippen molar-refractivity contribution in [3.8, 4) is 11.5 Å². The number of fused-ring (bicyclic) bond motifs is 2. The molecule has 2 bridgehead atoms. The predicted octanol–water partition coefficient (Wildman–Crippen LogP) is 5.22. The molecule has 0 radical (unpaired) electrons. The molecule has 1 aromatic rings. The Morgan fingerprint density at radius 3 is 2.41 bits per heavy atom. The first-order chi connectivity index (χ1) is 15.8. The van der Waals surface area contributed by atoms with Crippen molar-refractivity contribution in [1.82, 2.24) is 0 Å². The molecule has 0 saturated heterocycles. The maximum absolute atomic E-state index is 11.2. The van der Waals surface area contributed by atoms with Gasteiger partial charge in [-0.3, -0.25) is 0 Å². The largest absolute Gasteiger partial charge is 0.497 e. The average molecular weight is 475 g/mol. The van der Waals surface area contributed by atoms with Gasteiger partial charge in [0.1, 0.15) is 11.5 Å². The van der Waals surface area contributed by atoms with Gasteiger partial charge >= 0.3 is 0 Å². The summed E-state index contributed by atoms with van der Waals surface area (Å²) in [6.07, 6.45) is 4.68. The smallest absolute Gasteiger partial charge is 0.125 e. The molecule has 2 saturated carbocycles. The molecule has 2 fully saturated rings. The fourth-order valence-electron chi connectivity index (χ4n) is 7.29. The van der Waals surface area contributed by atoms with Crippen molar-refractivity contribution in [3.63, 3.8) is 0 Å². The van der Waals surface area contributed by atoms with Crippen LogP contribution in [0.2, 0.25) is 0 Å². The fraction of sp³-hybridized carbons (Fsp3) is 0.724. The zero-order valence-electron chi connectivity index (χ0n) is 22.4. The number of aliphatic hydroxyl groups is 3. The molecule has 0 unspecified atom stereocenters. The number of hydrogen-bond donors (Lipinski definition) is 3. The molecule has 2 aliphatic rings. The van der Waals surface area contributed by atoms with Gasteiger partial charge in [0.2, 0.25) is 0 Å². The Hall–Kier alpha value is -1.56.